The van der Waals surface area contributed by atoms with Gasteiger partial charge in [0.15, 0.2) is 11.2 Å². The van der Waals surface area contributed by atoms with Crippen molar-refractivity contribution in [2.45, 2.75) is 25.8 Å². The van der Waals surface area contributed by atoms with Gasteiger partial charge in [-0.15, -0.1) is 0 Å². The Morgan fingerprint density at radius 2 is 1.29 bits per heavy atom. The number of anilines is 2. The second kappa shape index (κ2) is 29.4. The van der Waals surface area contributed by atoms with Gasteiger partial charge in [0.2, 0.25) is 0 Å². The Morgan fingerprint density at radius 3 is 1.82 bits per heavy atom. The number of aldehydes is 1. The number of oxazole rings is 1. The molecule has 4 rings (SSSR count). The SMILES string of the molecule is CNCCCCn1nc(-c2ccc3oc(N)nc3c2)c2c(N)ncnc21.NCCOCCOCCOCCOCCOCCOCCOCCOCCC=O. The van der Waals surface area contributed by atoms with E-state index in [4.69, 9.17) is 64.6 Å². The minimum Gasteiger partial charge on any atom is -0.424 e. The summed E-state index contributed by atoms with van der Waals surface area (Å²) in [5, 5.41) is 8.65. The second-order valence-electron chi connectivity index (χ2n) is 11.7. The van der Waals surface area contributed by atoms with E-state index in [2.05, 4.69) is 20.3 Å². The van der Waals surface area contributed by atoms with Gasteiger partial charge < -0.3 is 69.6 Å². The van der Waals surface area contributed by atoms with E-state index in [1.165, 1.54) is 6.33 Å². The largest absolute Gasteiger partial charge is 0.424 e. The van der Waals surface area contributed by atoms with E-state index in [1.54, 1.807) is 0 Å². The Kier molecular flexibility index (Phi) is 24.3. The van der Waals surface area contributed by atoms with Gasteiger partial charge in [0, 0.05) is 25.1 Å². The number of hydrogen-bond acceptors (Lipinski definition) is 18. The van der Waals surface area contributed by atoms with Crippen LogP contribution in [0.3, 0.4) is 0 Å². The van der Waals surface area contributed by atoms with Gasteiger partial charge in [-0.3, -0.25) is 0 Å². The monoisotopic (exact) mass is 777 g/mol. The molecule has 4 aromatic rings. The fourth-order valence-electron chi connectivity index (χ4n) is 4.90. The van der Waals surface area contributed by atoms with Crippen LogP contribution in [0.1, 0.15) is 19.3 Å². The number of aryl methyl sites for hydroxylation is 1. The number of ether oxygens (including phenoxy) is 8. The van der Waals surface area contributed by atoms with Crippen LogP contribution in [0.5, 0.6) is 0 Å². The molecular formula is C36H59N9O10. The molecule has 308 valence electrons. The zero-order valence-corrected chi connectivity index (χ0v) is 32.0. The van der Waals surface area contributed by atoms with Crippen LogP contribution in [0.4, 0.5) is 11.8 Å². The molecular weight excluding hydrogens is 718 g/mol. The van der Waals surface area contributed by atoms with Gasteiger partial charge in [0.25, 0.3) is 6.01 Å². The normalized spacial score (nSPS) is 11.4. The summed E-state index contributed by atoms with van der Waals surface area (Å²) < 4.78 is 49.8. The van der Waals surface area contributed by atoms with Crippen molar-refractivity contribution in [3.63, 3.8) is 0 Å². The van der Waals surface area contributed by atoms with Crippen molar-refractivity contribution in [3.05, 3.63) is 24.5 Å². The van der Waals surface area contributed by atoms with E-state index in [-0.39, 0.29) is 6.01 Å². The minimum absolute atomic E-state index is 0.139. The molecule has 0 saturated heterocycles. The number of benzene rings is 1. The minimum atomic E-state index is 0.139. The van der Waals surface area contributed by atoms with Crippen LogP contribution in [0.15, 0.2) is 28.9 Å². The second-order valence-corrected chi connectivity index (χ2v) is 11.7. The van der Waals surface area contributed by atoms with Gasteiger partial charge in [-0.2, -0.15) is 10.1 Å². The highest BCUT2D eigenvalue weighted by atomic mass is 16.6. The number of nitrogens with one attached hydrogen (secondary N) is 1. The average Bonchev–Trinajstić information content (AvgIpc) is 3.76. The van der Waals surface area contributed by atoms with Crippen molar-refractivity contribution in [1.29, 1.82) is 0 Å². The van der Waals surface area contributed by atoms with Crippen molar-refractivity contribution in [3.8, 4) is 11.3 Å². The summed E-state index contributed by atoms with van der Waals surface area (Å²) in [7, 11) is 1.95. The van der Waals surface area contributed by atoms with Gasteiger partial charge in [-0.25, -0.2) is 14.6 Å². The number of aromatic nitrogens is 5. The van der Waals surface area contributed by atoms with Gasteiger partial charge >= 0.3 is 0 Å². The summed E-state index contributed by atoms with van der Waals surface area (Å²) in [5.74, 6) is 0.409. The lowest BCUT2D eigenvalue weighted by Crippen LogP contribution is -2.15. The third-order valence-electron chi connectivity index (χ3n) is 7.53. The van der Waals surface area contributed by atoms with Crippen LogP contribution >= 0.6 is 0 Å². The van der Waals surface area contributed by atoms with Crippen molar-refractivity contribution < 1.29 is 47.1 Å². The summed E-state index contributed by atoms with van der Waals surface area (Å²) in [6.45, 7) is 10.5. The van der Waals surface area contributed by atoms with Crippen molar-refractivity contribution in [2.24, 2.45) is 5.73 Å². The Hall–Kier alpha value is -3.89. The fourth-order valence-corrected chi connectivity index (χ4v) is 4.90. The van der Waals surface area contributed by atoms with Crippen LogP contribution in [0.2, 0.25) is 0 Å². The quantitative estimate of drug-likeness (QED) is 0.0405. The van der Waals surface area contributed by atoms with Crippen LogP contribution < -0.4 is 22.5 Å². The highest BCUT2D eigenvalue weighted by Crippen LogP contribution is 2.32. The first-order chi connectivity index (χ1) is 27.1. The predicted molar refractivity (Wildman–Crippen MR) is 207 cm³/mol. The molecule has 0 atom stereocenters. The summed E-state index contributed by atoms with van der Waals surface area (Å²) in [5.41, 5.74) is 20.7. The Bertz CT molecular complexity index is 1580. The van der Waals surface area contributed by atoms with E-state index in [0.29, 0.717) is 136 Å². The van der Waals surface area contributed by atoms with Crippen LogP contribution in [0, 0.1) is 0 Å². The lowest BCUT2D eigenvalue weighted by molar-refractivity contribution is -0.109. The molecule has 7 N–H and O–H groups in total. The summed E-state index contributed by atoms with van der Waals surface area (Å²) in [6, 6.07) is 5.76. The molecule has 3 heterocycles. The molecule has 1 aromatic carbocycles. The molecule has 3 aromatic heterocycles. The number of fused-ring (bicyclic) bond motifs is 2. The highest BCUT2D eigenvalue weighted by Gasteiger charge is 2.18. The maximum atomic E-state index is 10.1. The van der Waals surface area contributed by atoms with E-state index < -0.39 is 0 Å². The molecule has 0 unspecified atom stereocenters. The summed E-state index contributed by atoms with van der Waals surface area (Å²) >= 11 is 0. The number of rotatable bonds is 32. The molecule has 19 nitrogen and oxygen atoms in total. The lowest BCUT2D eigenvalue weighted by atomic mass is 10.1. The van der Waals surface area contributed by atoms with E-state index in [0.717, 1.165) is 54.5 Å². The third-order valence-corrected chi connectivity index (χ3v) is 7.53. The first kappa shape index (κ1) is 45.5. The Labute approximate surface area is 321 Å². The van der Waals surface area contributed by atoms with Gasteiger partial charge in [0.05, 0.1) is 111 Å². The Morgan fingerprint density at radius 1 is 0.745 bits per heavy atom. The molecule has 0 aliphatic rings. The van der Waals surface area contributed by atoms with Gasteiger partial charge in [-0.1, -0.05) is 0 Å². The molecule has 0 fully saturated rings. The topological polar surface area (TPSA) is 251 Å². The van der Waals surface area contributed by atoms with Crippen LogP contribution in [0.25, 0.3) is 33.4 Å². The molecule has 55 heavy (non-hydrogen) atoms. The molecule has 0 amide bonds. The fraction of sp³-hybridized carbons (Fsp3) is 0.639. The molecule has 0 bridgehead atoms. The predicted octanol–water partition coefficient (Wildman–Crippen LogP) is 1.47. The number of carbonyl (C=O) groups excluding carboxylic acids is 1. The maximum absolute atomic E-state index is 10.1. The smallest absolute Gasteiger partial charge is 0.292 e. The molecule has 0 aliphatic carbocycles. The Balaban J connectivity index is 0.000000296. The highest BCUT2D eigenvalue weighted by molar-refractivity contribution is 5.99. The van der Waals surface area contributed by atoms with E-state index >= 15 is 0 Å². The standard InChI is InChI=1S/C19H39NO9.C17H20N8O/c20-2-5-23-7-9-25-11-13-27-15-17-29-19-18-28-16-14-26-12-10-24-8-6-22-4-1-3-21;1-20-6-2-3-7-25-16-13(15(18)21-9-22-16)14(24-25)10-4-5-12-11(8-10)23-17(19)26-12/h3H,1-2,4-20H2;4-5,8-9,20H,2-3,6-7H2,1H3,(H2,19,23)(H2,18,21,22). The molecule has 0 spiro atoms. The number of unbranched alkanes of at least 4 members (excludes halogenated alkanes) is 1. The van der Waals surface area contributed by atoms with Crippen molar-refractivity contribution in [2.75, 3.05) is 137 Å². The van der Waals surface area contributed by atoms with E-state index in [1.807, 2.05) is 29.9 Å². The van der Waals surface area contributed by atoms with E-state index in [9.17, 15) is 4.79 Å². The maximum Gasteiger partial charge on any atom is 0.292 e. The first-order valence-corrected chi connectivity index (χ1v) is 18.6. The number of nitrogen functional groups attached to an aromatic ring is 2. The third kappa shape index (κ3) is 18.5. The number of nitrogens with two attached hydrogens (primary N) is 3. The number of carbonyl (C=O) groups is 1. The van der Waals surface area contributed by atoms with Gasteiger partial charge in [0.1, 0.15) is 29.6 Å². The molecule has 19 heteroatoms. The summed E-state index contributed by atoms with van der Waals surface area (Å²) in [6.07, 6.45) is 4.76. The first-order valence-electron chi connectivity index (χ1n) is 18.6. The van der Waals surface area contributed by atoms with Gasteiger partial charge in [-0.05, 0) is 44.6 Å². The average molecular weight is 778 g/mol. The summed E-state index contributed by atoms with van der Waals surface area (Å²) in [4.78, 5) is 22.8. The number of nitrogens with zero attached hydrogens (tertiary/aromatic N) is 5. The van der Waals surface area contributed by atoms with Crippen LogP contribution in [-0.2, 0) is 49.2 Å². The zero-order valence-electron chi connectivity index (χ0n) is 32.0. The molecule has 0 aliphatic heterocycles. The van der Waals surface area contributed by atoms with Crippen molar-refractivity contribution in [1.82, 2.24) is 30.0 Å². The van der Waals surface area contributed by atoms with Crippen LogP contribution in [-0.4, -0.2) is 157 Å². The lowest BCUT2D eigenvalue weighted by Gasteiger charge is -2.08. The van der Waals surface area contributed by atoms with Crippen molar-refractivity contribution >= 4 is 40.3 Å². The molecule has 0 saturated carbocycles. The molecule has 0 radical (unpaired) electrons. The zero-order chi connectivity index (χ0) is 39.2. The number of hydrogen-bond donors (Lipinski definition) is 4.